The van der Waals surface area contributed by atoms with Crippen LogP contribution in [0.1, 0.15) is 26.6 Å². The van der Waals surface area contributed by atoms with Crippen molar-refractivity contribution in [1.82, 2.24) is 4.98 Å². The van der Waals surface area contributed by atoms with E-state index in [1.165, 1.54) is 16.7 Å². The molecule has 96 valence electrons. The highest BCUT2D eigenvalue weighted by Gasteiger charge is 2.09. The van der Waals surface area contributed by atoms with Crippen LogP contribution in [0.5, 0.6) is 0 Å². The normalized spacial score (nSPS) is 9.89. The number of rotatable bonds is 4. The van der Waals surface area contributed by atoms with Gasteiger partial charge in [-0.25, -0.2) is 9.78 Å². The first-order valence-electron chi connectivity index (χ1n) is 5.52. The van der Waals surface area contributed by atoms with Gasteiger partial charge in [-0.05, 0) is 24.6 Å². The van der Waals surface area contributed by atoms with Crippen molar-refractivity contribution < 1.29 is 9.90 Å². The lowest BCUT2D eigenvalue weighted by molar-refractivity contribution is 0.0691. The average Bonchev–Trinajstić information content (AvgIpc) is 2.86. The predicted molar refractivity (Wildman–Crippen MR) is 72.3 cm³/mol. The smallest absolute Gasteiger partial charge is 0.355 e. The third-order valence-corrected chi connectivity index (χ3v) is 3.35. The maximum atomic E-state index is 10.7. The number of hydrogen-bond donors (Lipinski definition) is 2. The van der Waals surface area contributed by atoms with Gasteiger partial charge in [-0.1, -0.05) is 6.07 Å². The predicted octanol–water partition coefficient (Wildman–Crippen LogP) is 2.63. The van der Waals surface area contributed by atoms with Crippen molar-refractivity contribution in [2.75, 3.05) is 5.32 Å². The third kappa shape index (κ3) is 3.09. The number of carboxylic acid groups (broad SMARTS) is 1. The van der Waals surface area contributed by atoms with Crippen LogP contribution in [0, 0.1) is 18.3 Å². The Hall–Kier alpha value is -2.39. The molecule has 0 radical (unpaired) electrons. The zero-order valence-electron chi connectivity index (χ0n) is 10.2. The summed E-state index contributed by atoms with van der Waals surface area (Å²) in [5, 5.41) is 23.1. The number of nitriles is 1. The fourth-order valence-corrected chi connectivity index (χ4v) is 2.27. The summed E-state index contributed by atoms with van der Waals surface area (Å²) < 4.78 is 0. The molecule has 0 aliphatic heterocycles. The molecule has 0 aliphatic rings. The molecule has 19 heavy (non-hydrogen) atoms. The Morgan fingerprint density at radius 3 is 3.00 bits per heavy atom. The molecular weight excluding hydrogens is 262 g/mol. The van der Waals surface area contributed by atoms with Crippen LogP contribution in [0.2, 0.25) is 0 Å². The number of anilines is 1. The van der Waals surface area contributed by atoms with Crippen molar-refractivity contribution in [3.8, 4) is 6.07 Å². The SMILES string of the molecule is Cc1ccc(NCc2nc(C(=O)O)cs2)c(C#N)c1. The van der Waals surface area contributed by atoms with Crippen LogP contribution >= 0.6 is 11.3 Å². The number of aromatic carboxylic acids is 1. The van der Waals surface area contributed by atoms with Crippen molar-refractivity contribution in [3.05, 3.63) is 45.4 Å². The van der Waals surface area contributed by atoms with Crippen LogP contribution in [0.25, 0.3) is 0 Å². The zero-order valence-corrected chi connectivity index (χ0v) is 11.0. The molecule has 0 spiro atoms. The lowest BCUT2D eigenvalue weighted by Crippen LogP contribution is -2.02. The quantitative estimate of drug-likeness (QED) is 0.894. The number of benzene rings is 1. The number of nitrogens with one attached hydrogen (secondary N) is 1. The molecule has 0 saturated heterocycles. The Labute approximate surface area is 114 Å². The highest BCUT2D eigenvalue weighted by molar-refractivity contribution is 7.09. The summed E-state index contributed by atoms with van der Waals surface area (Å²) in [6, 6.07) is 7.66. The summed E-state index contributed by atoms with van der Waals surface area (Å²) in [7, 11) is 0. The number of thiazole rings is 1. The van der Waals surface area contributed by atoms with Crippen LogP contribution < -0.4 is 5.32 Å². The molecule has 1 aromatic carbocycles. The van der Waals surface area contributed by atoms with Gasteiger partial charge in [0.1, 0.15) is 11.1 Å². The van der Waals surface area contributed by atoms with Crippen LogP contribution in [-0.2, 0) is 6.54 Å². The second-order valence-corrected chi connectivity index (χ2v) is 4.89. The number of nitrogens with zero attached hydrogens (tertiary/aromatic N) is 2. The van der Waals surface area contributed by atoms with E-state index in [0.717, 1.165) is 11.3 Å². The standard InChI is InChI=1S/C13H11N3O2S/c1-8-2-3-10(9(4-8)5-14)15-6-12-16-11(7-19-12)13(17)18/h2-4,7,15H,6H2,1H3,(H,17,18). The van der Waals surface area contributed by atoms with Gasteiger partial charge in [-0.3, -0.25) is 0 Å². The molecule has 0 aliphatic carbocycles. The highest BCUT2D eigenvalue weighted by Crippen LogP contribution is 2.18. The molecule has 2 rings (SSSR count). The first-order valence-corrected chi connectivity index (χ1v) is 6.40. The summed E-state index contributed by atoms with van der Waals surface area (Å²) in [5.41, 5.74) is 2.35. The molecule has 2 N–H and O–H groups in total. The molecule has 0 fully saturated rings. The Kier molecular flexibility index (Phi) is 3.78. The Morgan fingerprint density at radius 1 is 1.58 bits per heavy atom. The first-order chi connectivity index (χ1) is 9.10. The molecule has 0 unspecified atom stereocenters. The minimum absolute atomic E-state index is 0.0474. The van der Waals surface area contributed by atoms with Crippen molar-refractivity contribution >= 4 is 23.0 Å². The Morgan fingerprint density at radius 2 is 2.37 bits per heavy atom. The summed E-state index contributed by atoms with van der Waals surface area (Å²) in [6.45, 7) is 2.32. The number of hydrogen-bond acceptors (Lipinski definition) is 5. The molecule has 5 nitrogen and oxygen atoms in total. The summed E-state index contributed by atoms with van der Waals surface area (Å²) in [6.07, 6.45) is 0. The molecule has 0 atom stereocenters. The number of aromatic nitrogens is 1. The van der Waals surface area contributed by atoms with Gasteiger partial charge in [0.05, 0.1) is 17.8 Å². The second kappa shape index (κ2) is 5.50. The minimum Gasteiger partial charge on any atom is -0.476 e. The van der Waals surface area contributed by atoms with E-state index >= 15 is 0 Å². The van der Waals surface area contributed by atoms with Crippen LogP contribution in [0.15, 0.2) is 23.6 Å². The first kappa shape index (κ1) is 13.1. The number of carboxylic acids is 1. The second-order valence-electron chi connectivity index (χ2n) is 3.95. The molecule has 0 bridgehead atoms. The van der Waals surface area contributed by atoms with Gasteiger partial charge in [0, 0.05) is 5.38 Å². The van der Waals surface area contributed by atoms with Gasteiger partial charge in [0.25, 0.3) is 0 Å². The van der Waals surface area contributed by atoms with E-state index in [1.807, 2.05) is 19.1 Å². The molecule has 1 aromatic heterocycles. The van der Waals surface area contributed by atoms with Crippen LogP contribution in [-0.4, -0.2) is 16.1 Å². The Balaban J connectivity index is 2.10. The Bertz CT molecular complexity index is 658. The maximum absolute atomic E-state index is 10.7. The van der Waals surface area contributed by atoms with E-state index in [0.29, 0.717) is 17.1 Å². The molecular formula is C13H11N3O2S. The average molecular weight is 273 g/mol. The summed E-state index contributed by atoms with van der Waals surface area (Å²) >= 11 is 1.28. The maximum Gasteiger partial charge on any atom is 0.355 e. The van der Waals surface area contributed by atoms with Gasteiger partial charge in [-0.2, -0.15) is 5.26 Å². The van der Waals surface area contributed by atoms with Crippen LogP contribution in [0.4, 0.5) is 5.69 Å². The van der Waals surface area contributed by atoms with Gasteiger partial charge < -0.3 is 10.4 Å². The largest absolute Gasteiger partial charge is 0.476 e. The van der Waals surface area contributed by atoms with Crippen molar-refractivity contribution in [2.45, 2.75) is 13.5 Å². The van der Waals surface area contributed by atoms with E-state index in [2.05, 4.69) is 16.4 Å². The molecule has 1 heterocycles. The lowest BCUT2D eigenvalue weighted by Gasteiger charge is -2.06. The van der Waals surface area contributed by atoms with Crippen molar-refractivity contribution in [1.29, 1.82) is 5.26 Å². The monoisotopic (exact) mass is 273 g/mol. The van der Waals surface area contributed by atoms with Gasteiger partial charge in [0.2, 0.25) is 0 Å². The molecule has 2 aromatic rings. The fourth-order valence-electron chi connectivity index (χ4n) is 1.57. The number of carbonyl (C=O) groups is 1. The molecule has 0 amide bonds. The van der Waals surface area contributed by atoms with E-state index in [4.69, 9.17) is 10.4 Å². The van der Waals surface area contributed by atoms with E-state index in [9.17, 15) is 4.79 Å². The van der Waals surface area contributed by atoms with Crippen molar-refractivity contribution in [2.24, 2.45) is 0 Å². The molecule has 6 heteroatoms. The van der Waals surface area contributed by atoms with Gasteiger partial charge >= 0.3 is 5.97 Å². The summed E-state index contributed by atoms with van der Waals surface area (Å²) in [4.78, 5) is 14.7. The van der Waals surface area contributed by atoms with E-state index < -0.39 is 5.97 Å². The van der Waals surface area contributed by atoms with Crippen LogP contribution in [0.3, 0.4) is 0 Å². The topological polar surface area (TPSA) is 86.0 Å². The van der Waals surface area contributed by atoms with E-state index in [1.54, 1.807) is 6.07 Å². The third-order valence-electron chi connectivity index (χ3n) is 2.50. The minimum atomic E-state index is -1.03. The van der Waals surface area contributed by atoms with Crippen molar-refractivity contribution in [3.63, 3.8) is 0 Å². The summed E-state index contributed by atoms with van der Waals surface area (Å²) in [5.74, 6) is -1.03. The van der Waals surface area contributed by atoms with Gasteiger partial charge in [-0.15, -0.1) is 11.3 Å². The molecule has 0 saturated carbocycles. The lowest BCUT2D eigenvalue weighted by atomic mass is 10.1. The van der Waals surface area contributed by atoms with E-state index in [-0.39, 0.29) is 5.69 Å². The fraction of sp³-hybridized carbons (Fsp3) is 0.154. The van der Waals surface area contributed by atoms with Gasteiger partial charge in [0.15, 0.2) is 5.69 Å². The number of aryl methyl sites for hydroxylation is 1. The highest BCUT2D eigenvalue weighted by atomic mass is 32.1. The zero-order chi connectivity index (χ0) is 13.8.